The molecule has 0 bridgehead atoms. The summed E-state index contributed by atoms with van der Waals surface area (Å²) in [5.41, 5.74) is 0. The molecular weight excluding hydrogens is 240 g/mol. The maximum atomic E-state index is 10.3. The van der Waals surface area contributed by atoms with Crippen LogP contribution in [0.4, 0.5) is 0 Å². The van der Waals surface area contributed by atoms with Gasteiger partial charge in [0.05, 0.1) is 5.75 Å². The van der Waals surface area contributed by atoms with E-state index in [2.05, 4.69) is 0 Å². The fraction of sp³-hybridized carbons (Fsp3) is 1.00. The zero-order valence-corrected chi connectivity index (χ0v) is 8.49. The van der Waals surface area contributed by atoms with Gasteiger partial charge in [0, 0.05) is 6.42 Å². The third kappa shape index (κ3) is 4.83. The monoisotopic (exact) mass is 250 g/mol. The van der Waals surface area contributed by atoms with E-state index in [9.17, 15) is 16.8 Å². The molecule has 86 valence electrons. The van der Waals surface area contributed by atoms with Gasteiger partial charge in [0.2, 0.25) is 0 Å². The second-order valence-electron chi connectivity index (χ2n) is 2.61. The molecule has 0 aromatic carbocycles. The highest BCUT2D eigenvalue weighted by Crippen LogP contribution is 2.15. The van der Waals surface area contributed by atoms with Crippen LogP contribution in [0.1, 0.15) is 12.8 Å². The van der Waals surface area contributed by atoms with Gasteiger partial charge in [-0.25, -0.2) is 0 Å². The molecule has 0 amide bonds. The zero-order chi connectivity index (χ0) is 11.6. The molecule has 0 saturated heterocycles. The van der Waals surface area contributed by atoms with Crippen molar-refractivity contribution in [1.29, 1.82) is 0 Å². The van der Waals surface area contributed by atoms with Gasteiger partial charge in [-0.2, -0.15) is 16.8 Å². The molecule has 4 N–H and O–H groups in total. The molecule has 0 aliphatic heterocycles. The molecular formula is C4H10O8S2. The first-order chi connectivity index (χ1) is 5.96. The molecule has 0 aliphatic carbocycles. The van der Waals surface area contributed by atoms with Crippen LogP contribution in [-0.2, 0) is 20.2 Å². The number of rotatable bonds is 5. The van der Waals surface area contributed by atoms with Crippen molar-refractivity contribution in [2.75, 3.05) is 5.75 Å². The second kappa shape index (κ2) is 4.08. The molecule has 0 heterocycles. The molecule has 0 atom stereocenters. The van der Waals surface area contributed by atoms with E-state index in [1.54, 1.807) is 0 Å². The summed E-state index contributed by atoms with van der Waals surface area (Å²) in [4.78, 5) is 0. The summed E-state index contributed by atoms with van der Waals surface area (Å²) in [6.45, 7) is 0. The first-order valence-electron chi connectivity index (χ1n) is 3.33. The molecule has 0 aromatic heterocycles. The van der Waals surface area contributed by atoms with Crippen molar-refractivity contribution in [3.63, 3.8) is 0 Å². The van der Waals surface area contributed by atoms with Crippen LogP contribution in [0.25, 0.3) is 0 Å². The van der Waals surface area contributed by atoms with E-state index < -0.39 is 43.9 Å². The number of hydrogen-bond acceptors (Lipinski definition) is 6. The Bertz CT molecular complexity index is 376. The van der Waals surface area contributed by atoms with Crippen LogP contribution in [0.2, 0.25) is 0 Å². The molecule has 0 saturated carbocycles. The molecule has 0 fully saturated rings. The first kappa shape index (κ1) is 13.7. The van der Waals surface area contributed by atoms with E-state index in [4.69, 9.17) is 19.3 Å². The van der Waals surface area contributed by atoms with Crippen LogP contribution in [0, 0.1) is 0 Å². The highest BCUT2D eigenvalue weighted by Gasteiger charge is 2.38. The molecule has 0 radical (unpaired) electrons. The van der Waals surface area contributed by atoms with Gasteiger partial charge in [0.15, 0.2) is 0 Å². The van der Waals surface area contributed by atoms with Gasteiger partial charge < -0.3 is 10.2 Å². The lowest BCUT2D eigenvalue weighted by Gasteiger charge is -2.16. The summed E-state index contributed by atoms with van der Waals surface area (Å²) in [5.74, 6) is -0.828. The Labute approximate surface area is 80.7 Å². The van der Waals surface area contributed by atoms with Crippen molar-refractivity contribution in [2.24, 2.45) is 0 Å². The van der Waals surface area contributed by atoms with Crippen molar-refractivity contribution in [1.82, 2.24) is 0 Å². The number of hydrogen-bond donors (Lipinski definition) is 4. The lowest BCUT2D eigenvalue weighted by Crippen LogP contribution is -2.38. The predicted molar refractivity (Wildman–Crippen MR) is 44.4 cm³/mol. The molecule has 0 unspecified atom stereocenters. The minimum absolute atomic E-state index is 0.522. The van der Waals surface area contributed by atoms with Crippen molar-refractivity contribution < 1.29 is 36.2 Å². The molecule has 0 rings (SSSR count). The van der Waals surface area contributed by atoms with Crippen molar-refractivity contribution in [2.45, 2.75) is 18.0 Å². The molecule has 14 heavy (non-hydrogen) atoms. The zero-order valence-electron chi connectivity index (χ0n) is 6.86. The van der Waals surface area contributed by atoms with Gasteiger partial charge in [0.25, 0.3) is 15.2 Å². The molecule has 8 nitrogen and oxygen atoms in total. The summed E-state index contributed by atoms with van der Waals surface area (Å²) < 4.78 is 57.2. The third-order valence-electron chi connectivity index (χ3n) is 1.32. The van der Waals surface area contributed by atoms with Crippen LogP contribution >= 0.6 is 0 Å². The Morgan fingerprint density at radius 2 is 1.43 bits per heavy atom. The third-order valence-corrected chi connectivity index (χ3v) is 3.15. The van der Waals surface area contributed by atoms with Gasteiger partial charge in [-0.3, -0.25) is 9.11 Å². The van der Waals surface area contributed by atoms with E-state index in [0.29, 0.717) is 0 Å². The van der Waals surface area contributed by atoms with Crippen LogP contribution in [0.3, 0.4) is 0 Å². The number of aliphatic hydroxyl groups is 2. The quantitative estimate of drug-likeness (QED) is 0.329. The van der Waals surface area contributed by atoms with Crippen LogP contribution in [0.15, 0.2) is 0 Å². The topological polar surface area (TPSA) is 149 Å². The minimum atomic E-state index is -5.09. The SMILES string of the molecule is O=S(=O)(O)CCCC(O)(O)S(=O)(=O)O. The van der Waals surface area contributed by atoms with E-state index in [0.717, 1.165) is 0 Å². The summed E-state index contributed by atoms with van der Waals surface area (Å²) in [6, 6.07) is 0. The Balaban J connectivity index is 4.30. The Kier molecular flexibility index (Phi) is 4.01. The molecule has 0 aliphatic rings. The average molecular weight is 250 g/mol. The van der Waals surface area contributed by atoms with Gasteiger partial charge >= 0.3 is 10.1 Å². The fourth-order valence-corrected chi connectivity index (χ4v) is 1.53. The Morgan fingerprint density at radius 1 is 1.00 bits per heavy atom. The second-order valence-corrected chi connectivity index (χ2v) is 5.78. The van der Waals surface area contributed by atoms with Crippen molar-refractivity contribution in [3.8, 4) is 0 Å². The maximum Gasteiger partial charge on any atom is 0.321 e. The van der Waals surface area contributed by atoms with E-state index in [1.165, 1.54) is 0 Å². The lowest BCUT2D eigenvalue weighted by molar-refractivity contribution is -0.0960. The average Bonchev–Trinajstić information content (AvgIpc) is 1.80. The largest absolute Gasteiger partial charge is 0.352 e. The Hall–Kier alpha value is -0.260. The van der Waals surface area contributed by atoms with E-state index in [1.807, 2.05) is 0 Å². The van der Waals surface area contributed by atoms with Crippen molar-refractivity contribution in [3.05, 3.63) is 0 Å². The highest BCUT2D eigenvalue weighted by atomic mass is 32.2. The predicted octanol–water partition coefficient (Wildman–Crippen LogP) is -1.82. The normalized spacial score (nSPS) is 14.3. The van der Waals surface area contributed by atoms with Gasteiger partial charge in [0.1, 0.15) is 0 Å². The van der Waals surface area contributed by atoms with Crippen LogP contribution < -0.4 is 0 Å². The molecule has 0 spiro atoms. The summed E-state index contributed by atoms with van der Waals surface area (Å²) in [7, 11) is -9.38. The summed E-state index contributed by atoms with van der Waals surface area (Å²) in [6.07, 6.45) is -1.45. The Morgan fingerprint density at radius 3 is 1.71 bits per heavy atom. The van der Waals surface area contributed by atoms with E-state index in [-0.39, 0.29) is 0 Å². The van der Waals surface area contributed by atoms with Gasteiger partial charge in [-0.15, -0.1) is 0 Å². The first-order valence-corrected chi connectivity index (χ1v) is 6.37. The smallest absolute Gasteiger partial charge is 0.321 e. The van der Waals surface area contributed by atoms with E-state index >= 15 is 0 Å². The van der Waals surface area contributed by atoms with Gasteiger partial charge in [-0.05, 0) is 6.42 Å². The van der Waals surface area contributed by atoms with Gasteiger partial charge in [-0.1, -0.05) is 0 Å². The standard InChI is InChI=1S/C4H10O8S2/c5-4(6,14(10,11)12)2-1-3-13(7,8)9/h5-6H,1-3H2,(H,7,8,9)(H,10,11,12). The molecule has 0 aromatic rings. The fourth-order valence-electron chi connectivity index (χ4n) is 0.614. The minimum Gasteiger partial charge on any atom is -0.352 e. The van der Waals surface area contributed by atoms with Crippen molar-refractivity contribution >= 4 is 20.2 Å². The van der Waals surface area contributed by atoms with Crippen LogP contribution in [0.5, 0.6) is 0 Å². The highest BCUT2D eigenvalue weighted by molar-refractivity contribution is 7.86. The molecule has 10 heteroatoms. The maximum absolute atomic E-state index is 10.3. The summed E-state index contributed by atoms with van der Waals surface area (Å²) in [5, 5.41) is 14.0. The lowest BCUT2D eigenvalue weighted by atomic mass is 10.3. The summed E-state index contributed by atoms with van der Waals surface area (Å²) >= 11 is 0. The van der Waals surface area contributed by atoms with Crippen LogP contribution in [-0.4, -0.2) is 47.0 Å².